The monoisotopic (exact) mass is 550 g/mol. The van der Waals surface area contributed by atoms with Crippen molar-refractivity contribution >= 4 is 5.83 Å². The third kappa shape index (κ3) is 5.87. The maximum atomic E-state index is 15.0. The van der Waals surface area contributed by atoms with E-state index in [2.05, 4.69) is 0 Å². The highest BCUT2D eigenvalue weighted by molar-refractivity contribution is 5.74. The molecule has 0 saturated carbocycles. The Morgan fingerprint density at radius 1 is 0.590 bits per heavy atom. The molecule has 0 bridgehead atoms. The quantitative estimate of drug-likeness (QED) is 0.159. The molecule has 39 heavy (non-hydrogen) atoms. The molecule has 0 radical (unpaired) electrons. The first-order chi connectivity index (χ1) is 18.5. The fraction of sp³-hybridized carbons (Fsp3) is 0.133. The van der Waals surface area contributed by atoms with Gasteiger partial charge in [-0.25, -0.2) is 39.5 Å². The molecule has 0 heterocycles. The zero-order valence-corrected chi connectivity index (χ0v) is 20.3. The topological polar surface area (TPSA) is 0 Å². The van der Waals surface area contributed by atoms with Gasteiger partial charge in [-0.1, -0.05) is 31.2 Å². The van der Waals surface area contributed by atoms with Gasteiger partial charge in [0, 0.05) is 11.1 Å². The molecule has 0 amide bonds. The Labute approximate surface area is 218 Å². The van der Waals surface area contributed by atoms with Crippen LogP contribution in [0.2, 0.25) is 0 Å². The van der Waals surface area contributed by atoms with E-state index in [-0.39, 0.29) is 52.6 Å². The van der Waals surface area contributed by atoms with E-state index in [1.54, 1.807) is 0 Å². The van der Waals surface area contributed by atoms with Crippen molar-refractivity contribution in [2.24, 2.45) is 0 Å². The standard InChI is InChI=1S/C30H19F9/c1-2-21(31)29(38)18-7-8-20(23(33)12-18)19-13-24(34)28(25(35)14-19)17-6-5-16(22(32)11-17)4-3-15-9-26(36)30(39)27(37)10-15/h5-14H,2-4H2,1H3/b29-21+. The molecule has 9 heteroatoms. The molecule has 0 unspecified atom stereocenters. The van der Waals surface area contributed by atoms with Crippen molar-refractivity contribution in [3.63, 3.8) is 0 Å². The highest BCUT2D eigenvalue weighted by Gasteiger charge is 2.19. The minimum absolute atomic E-state index is 0.0308. The van der Waals surface area contributed by atoms with E-state index >= 15 is 0 Å². The van der Waals surface area contributed by atoms with Gasteiger partial charge >= 0.3 is 0 Å². The van der Waals surface area contributed by atoms with E-state index in [0.717, 1.165) is 42.5 Å². The first kappa shape index (κ1) is 28.0. The Bertz CT molecular complexity index is 1540. The molecular formula is C30H19F9. The maximum Gasteiger partial charge on any atom is 0.194 e. The van der Waals surface area contributed by atoms with E-state index < -0.39 is 57.9 Å². The summed E-state index contributed by atoms with van der Waals surface area (Å²) in [7, 11) is 0. The summed E-state index contributed by atoms with van der Waals surface area (Å²) in [5, 5.41) is 0. The van der Waals surface area contributed by atoms with Crippen LogP contribution in [-0.2, 0) is 12.8 Å². The first-order valence-electron chi connectivity index (χ1n) is 11.8. The van der Waals surface area contributed by atoms with Gasteiger partial charge < -0.3 is 0 Å². The van der Waals surface area contributed by atoms with Gasteiger partial charge in [-0.2, -0.15) is 0 Å². The number of hydrogen-bond acceptors (Lipinski definition) is 0. The Hall–Kier alpha value is -4.01. The van der Waals surface area contributed by atoms with Crippen LogP contribution < -0.4 is 0 Å². The van der Waals surface area contributed by atoms with Crippen LogP contribution in [0, 0.1) is 40.7 Å². The molecule has 0 aromatic heterocycles. The largest absolute Gasteiger partial charge is 0.209 e. The molecule has 0 atom stereocenters. The van der Waals surface area contributed by atoms with E-state index in [4.69, 9.17) is 0 Å². The van der Waals surface area contributed by atoms with Crippen LogP contribution in [0.4, 0.5) is 39.5 Å². The van der Waals surface area contributed by atoms with Crippen LogP contribution in [-0.4, -0.2) is 0 Å². The van der Waals surface area contributed by atoms with E-state index in [1.807, 2.05) is 0 Å². The van der Waals surface area contributed by atoms with E-state index in [9.17, 15) is 39.5 Å². The molecule has 0 N–H and O–H groups in total. The first-order valence-corrected chi connectivity index (χ1v) is 11.8. The summed E-state index contributed by atoms with van der Waals surface area (Å²) in [6.07, 6.45) is -0.298. The lowest BCUT2D eigenvalue weighted by atomic mass is 9.96. The van der Waals surface area contributed by atoms with Crippen molar-refractivity contribution in [1.82, 2.24) is 0 Å². The van der Waals surface area contributed by atoms with Gasteiger partial charge in [-0.05, 0) is 77.9 Å². The number of hydrogen-bond donors (Lipinski definition) is 0. The van der Waals surface area contributed by atoms with Gasteiger partial charge in [0.25, 0.3) is 0 Å². The molecule has 0 fully saturated rings. The van der Waals surface area contributed by atoms with E-state index in [1.165, 1.54) is 19.1 Å². The van der Waals surface area contributed by atoms with Crippen molar-refractivity contribution < 1.29 is 39.5 Å². The predicted molar refractivity (Wildman–Crippen MR) is 130 cm³/mol. The van der Waals surface area contributed by atoms with E-state index in [0.29, 0.717) is 6.07 Å². The van der Waals surface area contributed by atoms with Crippen molar-refractivity contribution in [3.05, 3.63) is 124 Å². The molecule has 4 rings (SSSR count). The van der Waals surface area contributed by atoms with Crippen LogP contribution in [0.15, 0.2) is 66.5 Å². The SMILES string of the molecule is CC/C(F)=C(\F)c1ccc(-c2cc(F)c(-c3ccc(CCc4cc(F)c(F)c(F)c4)c(F)c3)c(F)c2)c(F)c1. The lowest BCUT2D eigenvalue weighted by Crippen LogP contribution is -2.00. The highest BCUT2D eigenvalue weighted by Crippen LogP contribution is 2.34. The molecule has 0 aliphatic rings. The Kier molecular flexibility index (Phi) is 8.18. The number of allylic oxidation sites excluding steroid dienone is 1. The third-order valence-corrected chi connectivity index (χ3v) is 6.19. The summed E-state index contributed by atoms with van der Waals surface area (Å²) < 4.78 is 127. The van der Waals surface area contributed by atoms with Gasteiger partial charge in [-0.15, -0.1) is 0 Å². The molecule has 0 aliphatic carbocycles. The van der Waals surface area contributed by atoms with Gasteiger partial charge in [0.1, 0.15) is 29.1 Å². The highest BCUT2D eigenvalue weighted by atomic mass is 19.2. The zero-order chi connectivity index (χ0) is 28.4. The summed E-state index contributed by atoms with van der Waals surface area (Å²) in [4.78, 5) is 0. The summed E-state index contributed by atoms with van der Waals surface area (Å²) >= 11 is 0. The van der Waals surface area contributed by atoms with Crippen LogP contribution in [0.3, 0.4) is 0 Å². The van der Waals surface area contributed by atoms with Crippen LogP contribution in [0.25, 0.3) is 28.1 Å². The average molecular weight is 550 g/mol. The fourth-order valence-electron chi connectivity index (χ4n) is 4.14. The normalized spacial score (nSPS) is 12.1. The fourth-order valence-corrected chi connectivity index (χ4v) is 4.14. The van der Waals surface area contributed by atoms with Crippen molar-refractivity contribution in [1.29, 1.82) is 0 Å². The number of benzene rings is 4. The molecule has 0 nitrogen and oxygen atoms in total. The molecule has 202 valence electrons. The zero-order valence-electron chi connectivity index (χ0n) is 20.3. The van der Waals surface area contributed by atoms with Crippen molar-refractivity contribution in [2.45, 2.75) is 26.2 Å². The summed E-state index contributed by atoms with van der Waals surface area (Å²) in [5.74, 6) is -10.8. The number of halogens is 9. The van der Waals surface area contributed by atoms with Crippen LogP contribution >= 0.6 is 0 Å². The van der Waals surface area contributed by atoms with Crippen molar-refractivity contribution in [2.75, 3.05) is 0 Å². The summed E-state index contributed by atoms with van der Waals surface area (Å²) in [6.45, 7) is 1.38. The Morgan fingerprint density at radius 2 is 1.21 bits per heavy atom. The molecule has 4 aromatic carbocycles. The van der Waals surface area contributed by atoms with Gasteiger partial charge in [-0.3, -0.25) is 0 Å². The number of aryl methyl sites for hydroxylation is 2. The van der Waals surface area contributed by atoms with Gasteiger partial charge in [0.15, 0.2) is 23.3 Å². The van der Waals surface area contributed by atoms with Gasteiger partial charge in [0.2, 0.25) is 0 Å². The predicted octanol–water partition coefficient (Wildman–Crippen LogP) is 9.80. The van der Waals surface area contributed by atoms with Crippen LogP contribution in [0.1, 0.15) is 30.0 Å². The van der Waals surface area contributed by atoms with Crippen LogP contribution in [0.5, 0.6) is 0 Å². The second-order valence-corrected chi connectivity index (χ2v) is 8.76. The second-order valence-electron chi connectivity index (χ2n) is 8.76. The molecule has 0 spiro atoms. The average Bonchev–Trinajstić information content (AvgIpc) is 2.89. The Morgan fingerprint density at radius 3 is 1.77 bits per heavy atom. The molecule has 0 aliphatic heterocycles. The third-order valence-electron chi connectivity index (χ3n) is 6.19. The molecule has 4 aromatic rings. The molecular weight excluding hydrogens is 531 g/mol. The van der Waals surface area contributed by atoms with Crippen molar-refractivity contribution in [3.8, 4) is 22.3 Å². The minimum atomic E-state index is -1.61. The minimum Gasteiger partial charge on any atom is -0.209 e. The lowest BCUT2D eigenvalue weighted by molar-refractivity contribution is 0.445. The molecule has 0 saturated heterocycles. The Balaban J connectivity index is 1.59. The van der Waals surface area contributed by atoms with Gasteiger partial charge in [0.05, 0.1) is 5.56 Å². The lowest BCUT2D eigenvalue weighted by Gasteiger charge is -2.12. The second kappa shape index (κ2) is 11.4. The summed E-state index contributed by atoms with van der Waals surface area (Å²) in [6, 6.07) is 9.50. The maximum absolute atomic E-state index is 15.0. The number of rotatable bonds is 7. The summed E-state index contributed by atoms with van der Waals surface area (Å²) in [5.41, 5.74) is -1.39. The smallest absolute Gasteiger partial charge is 0.194 e.